The lowest BCUT2D eigenvalue weighted by Crippen LogP contribution is -2.36. The van der Waals surface area contributed by atoms with Gasteiger partial charge in [-0.05, 0) is 37.1 Å². The maximum absolute atomic E-state index is 13.2. The van der Waals surface area contributed by atoms with Gasteiger partial charge in [-0.3, -0.25) is 4.90 Å². The molecule has 1 aromatic carbocycles. The van der Waals surface area contributed by atoms with Crippen LogP contribution in [0.4, 0.5) is 10.3 Å². The first-order chi connectivity index (χ1) is 11.2. The van der Waals surface area contributed by atoms with E-state index in [0.717, 1.165) is 42.6 Å². The lowest BCUT2D eigenvalue weighted by molar-refractivity contribution is 0.115. The zero-order valence-electron chi connectivity index (χ0n) is 13.0. The summed E-state index contributed by atoms with van der Waals surface area (Å²) in [6, 6.07) is 6.42. The molecule has 2 heterocycles. The molecule has 0 bridgehead atoms. The van der Waals surface area contributed by atoms with Crippen molar-refractivity contribution in [2.24, 2.45) is 0 Å². The van der Waals surface area contributed by atoms with E-state index < -0.39 is 0 Å². The maximum Gasteiger partial charge on any atom is 0.220 e. The Morgan fingerprint density at radius 3 is 2.78 bits per heavy atom. The molecule has 1 aliphatic heterocycles. The Morgan fingerprint density at radius 2 is 2.04 bits per heavy atom. The molecule has 1 unspecified atom stereocenters. The minimum Gasteiger partial charge on any atom is -0.395 e. The number of nitrogen functional groups attached to an aromatic ring is 1. The highest BCUT2D eigenvalue weighted by Crippen LogP contribution is 2.35. The van der Waals surface area contributed by atoms with Crippen LogP contribution >= 0.6 is 0 Å². The second-order valence-electron chi connectivity index (χ2n) is 5.81. The number of aliphatic hydroxyl groups is 1. The van der Waals surface area contributed by atoms with Crippen LogP contribution in [0.25, 0.3) is 11.1 Å². The Bertz CT molecular complexity index is 660. The molecule has 0 aliphatic carbocycles. The summed E-state index contributed by atoms with van der Waals surface area (Å²) in [5.74, 6) is -0.0355. The topological polar surface area (TPSA) is 75.3 Å². The van der Waals surface area contributed by atoms with Crippen LogP contribution in [0.2, 0.25) is 0 Å². The van der Waals surface area contributed by atoms with Crippen molar-refractivity contribution in [3.8, 4) is 11.1 Å². The highest BCUT2D eigenvalue weighted by molar-refractivity contribution is 5.66. The molecule has 122 valence electrons. The van der Waals surface area contributed by atoms with Crippen molar-refractivity contribution in [2.75, 3.05) is 25.4 Å². The number of nitrogens with zero attached hydrogens (tertiary/aromatic N) is 3. The molecule has 0 radical (unpaired) electrons. The van der Waals surface area contributed by atoms with E-state index in [1.165, 1.54) is 12.1 Å². The van der Waals surface area contributed by atoms with Gasteiger partial charge in [0.25, 0.3) is 0 Å². The Labute approximate surface area is 135 Å². The molecule has 23 heavy (non-hydrogen) atoms. The van der Waals surface area contributed by atoms with Crippen LogP contribution in [0.5, 0.6) is 0 Å². The third-order valence-corrected chi connectivity index (χ3v) is 4.31. The first kappa shape index (κ1) is 15.8. The van der Waals surface area contributed by atoms with Gasteiger partial charge in [-0.25, -0.2) is 14.4 Å². The molecule has 5 nitrogen and oxygen atoms in total. The molecule has 1 atom stereocenters. The highest BCUT2D eigenvalue weighted by atomic mass is 19.1. The molecule has 2 aromatic rings. The van der Waals surface area contributed by atoms with Crippen molar-refractivity contribution in [1.29, 1.82) is 0 Å². The number of piperidine rings is 1. The number of β-amino-alcohol motifs (C(OH)–C–C–N with tert-alkyl or cyclic N) is 1. The average Bonchev–Trinajstić information content (AvgIpc) is 2.57. The molecule has 0 amide bonds. The number of anilines is 1. The van der Waals surface area contributed by atoms with E-state index >= 15 is 0 Å². The molecular formula is C17H21FN4O. The number of halogens is 1. The minimum atomic E-state index is -0.272. The predicted molar refractivity (Wildman–Crippen MR) is 87.1 cm³/mol. The third-order valence-electron chi connectivity index (χ3n) is 4.31. The molecule has 3 rings (SSSR count). The molecule has 0 spiro atoms. The average molecular weight is 316 g/mol. The Hall–Kier alpha value is -2.05. The molecule has 6 heteroatoms. The van der Waals surface area contributed by atoms with E-state index in [1.54, 1.807) is 18.3 Å². The highest BCUT2D eigenvalue weighted by Gasteiger charge is 2.27. The first-order valence-corrected chi connectivity index (χ1v) is 7.92. The lowest BCUT2D eigenvalue weighted by Gasteiger charge is -2.35. The molecule has 1 aromatic heterocycles. The van der Waals surface area contributed by atoms with Gasteiger partial charge in [0, 0.05) is 18.3 Å². The minimum absolute atomic E-state index is 0.0984. The van der Waals surface area contributed by atoms with Crippen LogP contribution in [0.15, 0.2) is 30.5 Å². The number of likely N-dealkylation sites (tertiary alicyclic amines) is 1. The van der Waals surface area contributed by atoms with Gasteiger partial charge in [-0.2, -0.15) is 0 Å². The molecule has 3 N–H and O–H groups in total. The normalized spacial score (nSPS) is 19.0. The summed E-state index contributed by atoms with van der Waals surface area (Å²) in [6.45, 7) is 1.65. The lowest BCUT2D eigenvalue weighted by atomic mass is 9.94. The number of hydrogen-bond acceptors (Lipinski definition) is 5. The fraction of sp³-hybridized carbons (Fsp3) is 0.412. The number of hydrogen-bond donors (Lipinski definition) is 2. The number of nitrogens with two attached hydrogens (primary N) is 1. The number of rotatable bonds is 4. The second-order valence-corrected chi connectivity index (χ2v) is 5.81. The Kier molecular flexibility index (Phi) is 4.83. The van der Waals surface area contributed by atoms with Crippen LogP contribution in [-0.2, 0) is 0 Å². The van der Waals surface area contributed by atoms with Gasteiger partial charge in [-0.15, -0.1) is 0 Å². The molecule has 1 aliphatic rings. The summed E-state index contributed by atoms with van der Waals surface area (Å²) >= 11 is 0. The van der Waals surface area contributed by atoms with E-state index in [2.05, 4.69) is 14.9 Å². The number of aromatic nitrogens is 2. The standard InChI is InChI=1S/C17H21FN4O/c18-13-6-4-12(5-7-13)14-11-20-17(19)21-16(14)15-3-1-2-8-22(15)9-10-23/h4-7,11,15,23H,1-3,8-10H2,(H2,19,20,21). The summed E-state index contributed by atoms with van der Waals surface area (Å²) in [5, 5.41) is 9.31. The van der Waals surface area contributed by atoms with E-state index in [0.29, 0.717) is 6.54 Å². The fourth-order valence-corrected chi connectivity index (χ4v) is 3.21. The van der Waals surface area contributed by atoms with E-state index in [-0.39, 0.29) is 24.4 Å². The van der Waals surface area contributed by atoms with Crippen molar-refractivity contribution in [2.45, 2.75) is 25.3 Å². The zero-order valence-corrected chi connectivity index (χ0v) is 13.0. The summed E-state index contributed by atoms with van der Waals surface area (Å²) in [7, 11) is 0. The Balaban J connectivity index is 2.03. The van der Waals surface area contributed by atoms with Crippen molar-refractivity contribution < 1.29 is 9.50 Å². The summed E-state index contributed by atoms with van der Waals surface area (Å²) in [6.07, 6.45) is 4.89. The van der Waals surface area contributed by atoms with Crippen molar-refractivity contribution >= 4 is 5.95 Å². The van der Waals surface area contributed by atoms with Crippen LogP contribution < -0.4 is 5.73 Å². The maximum atomic E-state index is 13.2. The largest absolute Gasteiger partial charge is 0.395 e. The van der Waals surface area contributed by atoms with Gasteiger partial charge in [0.2, 0.25) is 5.95 Å². The second kappa shape index (κ2) is 7.02. The van der Waals surface area contributed by atoms with Crippen LogP contribution in [0.1, 0.15) is 31.0 Å². The van der Waals surface area contributed by atoms with Crippen LogP contribution in [0, 0.1) is 5.82 Å². The smallest absolute Gasteiger partial charge is 0.220 e. The molecule has 0 saturated carbocycles. The van der Waals surface area contributed by atoms with Crippen molar-refractivity contribution in [3.63, 3.8) is 0 Å². The Morgan fingerprint density at radius 1 is 1.26 bits per heavy atom. The summed E-state index contributed by atoms with van der Waals surface area (Å²) in [5.41, 5.74) is 8.40. The predicted octanol–water partition coefficient (Wildman–Crippen LogP) is 2.38. The SMILES string of the molecule is Nc1ncc(-c2ccc(F)cc2)c(C2CCCCN2CCO)n1. The first-order valence-electron chi connectivity index (χ1n) is 7.92. The van der Waals surface area contributed by atoms with E-state index in [4.69, 9.17) is 5.73 Å². The van der Waals surface area contributed by atoms with Crippen LogP contribution in [0.3, 0.4) is 0 Å². The van der Waals surface area contributed by atoms with Gasteiger partial charge in [0.1, 0.15) is 5.82 Å². The van der Waals surface area contributed by atoms with E-state index in [9.17, 15) is 9.50 Å². The van der Waals surface area contributed by atoms with E-state index in [1.807, 2.05) is 0 Å². The van der Waals surface area contributed by atoms with Crippen molar-refractivity contribution in [3.05, 3.63) is 42.0 Å². The molecule has 1 fully saturated rings. The van der Waals surface area contributed by atoms with Crippen molar-refractivity contribution in [1.82, 2.24) is 14.9 Å². The third kappa shape index (κ3) is 3.48. The molecular weight excluding hydrogens is 295 g/mol. The fourth-order valence-electron chi connectivity index (χ4n) is 3.21. The zero-order chi connectivity index (χ0) is 16.2. The number of aliphatic hydroxyl groups excluding tert-OH is 1. The summed E-state index contributed by atoms with van der Waals surface area (Å²) in [4.78, 5) is 10.8. The van der Waals surface area contributed by atoms with Gasteiger partial charge in [0.05, 0.1) is 18.3 Å². The quantitative estimate of drug-likeness (QED) is 0.906. The van der Waals surface area contributed by atoms with Crippen LogP contribution in [-0.4, -0.2) is 39.7 Å². The molecule has 1 saturated heterocycles. The monoisotopic (exact) mass is 316 g/mol. The number of benzene rings is 1. The van der Waals surface area contributed by atoms with Gasteiger partial charge in [-0.1, -0.05) is 18.6 Å². The summed E-state index contributed by atoms with van der Waals surface area (Å²) < 4.78 is 13.2. The van der Waals surface area contributed by atoms with Gasteiger partial charge >= 0.3 is 0 Å². The van der Waals surface area contributed by atoms with Gasteiger partial charge in [0.15, 0.2) is 0 Å². The van der Waals surface area contributed by atoms with Gasteiger partial charge < -0.3 is 10.8 Å².